The van der Waals surface area contributed by atoms with Gasteiger partial charge in [-0.2, -0.15) is 0 Å². The number of hydrogen-bond donors (Lipinski definition) is 1. The average molecular weight is 309 g/mol. The highest BCUT2D eigenvalue weighted by atomic mass is 16.6. The van der Waals surface area contributed by atoms with E-state index < -0.39 is 10.9 Å². The van der Waals surface area contributed by atoms with Crippen LogP contribution in [0, 0.1) is 10.1 Å². The third-order valence-corrected chi connectivity index (χ3v) is 4.04. The molecule has 0 spiro atoms. The Morgan fingerprint density at radius 3 is 2.65 bits per heavy atom. The van der Waals surface area contributed by atoms with Gasteiger partial charge in [-0.3, -0.25) is 10.1 Å². The van der Waals surface area contributed by atoms with Crippen molar-refractivity contribution >= 4 is 17.2 Å². The molecule has 0 saturated carbocycles. The van der Waals surface area contributed by atoms with Crippen LogP contribution >= 0.6 is 0 Å². The van der Waals surface area contributed by atoms with Gasteiger partial charge in [-0.25, -0.2) is 4.79 Å². The predicted molar refractivity (Wildman–Crippen MR) is 87.1 cm³/mol. The number of nitrogens with zero attached hydrogens (tertiary/aromatic N) is 1. The lowest BCUT2D eigenvalue weighted by molar-refractivity contribution is -0.384. The number of nitro benzene ring substituents is 1. The van der Waals surface area contributed by atoms with Crippen LogP contribution in [0.25, 0.3) is 16.7 Å². The maximum absolute atomic E-state index is 11.0. The van der Waals surface area contributed by atoms with Crippen LogP contribution in [-0.2, 0) is 11.2 Å². The lowest BCUT2D eigenvalue weighted by Crippen LogP contribution is -2.04. The Hall–Kier alpha value is -2.95. The van der Waals surface area contributed by atoms with E-state index in [2.05, 4.69) is 0 Å². The molecule has 0 fully saturated rings. The second-order valence-electron chi connectivity index (χ2n) is 5.54. The number of carboxylic acids is 1. The molecule has 0 aliphatic heterocycles. The number of benzene rings is 2. The zero-order valence-electron chi connectivity index (χ0n) is 12.4. The van der Waals surface area contributed by atoms with E-state index in [0.717, 1.165) is 47.1 Å². The van der Waals surface area contributed by atoms with Gasteiger partial charge in [0.25, 0.3) is 5.69 Å². The monoisotopic (exact) mass is 309 g/mol. The number of carbonyl (C=O) groups is 1. The number of carboxylic acid groups (broad SMARTS) is 1. The molecule has 3 rings (SSSR count). The summed E-state index contributed by atoms with van der Waals surface area (Å²) in [6, 6.07) is 12.3. The van der Waals surface area contributed by atoms with Crippen molar-refractivity contribution in [2.45, 2.75) is 19.3 Å². The van der Waals surface area contributed by atoms with E-state index >= 15 is 0 Å². The Balaban J connectivity index is 2.08. The van der Waals surface area contributed by atoms with E-state index in [4.69, 9.17) is 5.11 Å². The van der Waals surface area contributed by atoms with Gasteiger partial charge in [0.2, 0.25) is 0 Å². The number of nitro groups is 1. The number of fused-ring (bicyclic) bond motifs is 1. The maximum atomic E-state index is 11.0. The van der Waals surface area contributed by atoms with Gasteiger partial charge in [0.05, 0.1) is 4.92 Å². The molecule has 0 amide bonds. The Kier molecular flexibility index (Phi) is 3.93. The minimum Gasteiger partial charge on any atom is -0.478 e. The van der Waals surface area contributed by atoms with Crippen LogP contribution in [0.1, 0.15) is 24.0 Å². The second-order valence-corrected chi connectivity index (χ2v) is 5.54. The fourth-order valence-corrected chi connectivity index (χ4v) is 2.97. The fourth-order valence-electron chi connectivity index (χ4n) is 2.97. The molecule has 0 atom stereocenters. The zero-order valence-corrected chi connectivity index (χ0v) is 12.4. The third-order valence-electron chi connectivity index (χ3n) is 4.04. The largest absolute Gasteiger partial charge is 0.478 e. The van der Waals surface area contributed by atoms with E-state index in [1.54, 1.807) is 6.07 Å². The molecule has 0 saturated heterocycles. The Bertz CT molecular complexity index is 824. The van der Waals surface area contributed by atoms with Crippen LogP contribution in [-0.4, -0.2) is 16.0 Å². The molecule has 1 aliphatic rings. The number of hydrogen-bond acceptors (Lipinski definition) is 3. The molecule has 1 N–H and O–H groups in total. The molecular weight excluding hydrogens is 294 g/mol. The Morgan fingerprint density at radius 1 is 1.13 bits per heavy atom. The van der Waals surface area contributed by atoms with Gasteiger partial charge in [0, 0.05) is 18.2 Å². The molecule has 23 heavy (non-hydrogen) atoms. The smallest absolute Gasteiger partial charge is 0.328 e. The molecule has 116 valence electrons. The molecule has 0 unspecified atom stereocenters. The number of aryl methyl sites for hydroxylation is 1. The summed E-state index contributed by atoms with van der Waals surface area (Å²) in [5.41, 5.74) is 4.51. The molecule has 2 aromatic rings. The lowest BCUT2D eigenvalue weighted by Gasteiger charge is -2.19. The SMILES string of the molecule is O=C(O)/C=C1\CCCc2ccc(-c3cccc([N+](=O)[O-])c3)cc21. The first kappa shape index (κ1) is 15.0. The normalized spacial score (nSPS) is 15.2. The molecule has 0 aromatic heterocycles. The molecule has 5 heteroatoms. The third kappa shape index (κ3) is 3.13. The van der Waals surface area contributed by atoms with E-state index in [1.165, 1.54) is 18.2 Å². The van der Waals surface area contributed by atoms with Crippen LogP contribution in [0.15, 0.2) is 48.5 Å². The highest BCUT2D eigenvalue weighted by Gasteiger charge is 2.16. The van der Waals surface area contributed by atoms with Crippen LogP contribution in [0.5, 0.6) is 0 Å². The molecule has 0 bridgehead atoms. The highest BCUT2D eigenvalue weighted by Crippen LogP contribution is 2.34. The quantitative estimate of drug-likeness (QED) is 0.526. The molecule has 2 aromatic carbocycles. The summed E-state index contributed by atoms with van der Waals surface area (Å²) in [4.78, 5) is 21.5. The number of rotatable bonds is 3. The Morgan fingerprint density at radius 2 is 1.91 bits per heavy atom. The minimum absolute atomic E-state index is 0.0431. The summed E-state index contributed by atoms with van der Waals surface area (Å²) in [5.74, 6) is -0.950. The van der Waals surface area contributed by atoms with E-state index in [0.29, 0.717) is 0 Å². The van der Waals surface area contributed by atoms with E-state index in [1.807, 2.05) is 24.3 Å². The summed E-state index contributed by atoms with van der Waals surface area (Å²) < 4.78 is 0. The Labute approximate surface area is 133 Å². The van der Waals surface area contributed by atoms with Gasteiger partial charge < -0.3 is 5.11 Å². The predicted octanol–water partition coefficient (Wildman–Crippen LogP) is 4.07. The average Bonchev–Trinajstić information content (AvgIpc) is 2.54. The van der Waals surface area contributed by atoms with Crippen molar-refractivity contribution in [2.75, 3.05) is 0 Å². The lowest BCUT2D eigenvalue weighted by atomic mass is 9.85. The summed E-state index contributed by atoms with van der Waals surface area (Å²) in [6.45, 7) is 0. The summed E-state index contributed by atoms with van der Waals surface area (Å²) in [5, 5.41) is 19.9. The second kappa shape index (κ2) is 6.04. The number of aliphatic carboxylic acids is 1. The molecule has 0 radical (unpaired) electrons. The molecular formula is C18H15NO4. The van der Waals surface area contributed by atoms with Crippen molar-refractivity contribution in [3.8, 4) is 11.1 Å². The first-order valence-corrected chi connectivity index (χ1v) is 7.36. The highest BCUT2D eigenvalue weighted by molar-refractivity contribution is 5.91. The summed E-state index contributed by atoms with van der Waals surface area (Å²) in [6.07, 6.45) is 3.84. The molecule has 1 aliphatic carbocycles. The van der Waals surface area contributed by atoms with Gasteiger partial charge in [-0.15, -0.1) is 0 Å². The van der Waals surface area contributed by atoms with Crippen LogP contribution < -0.4 is 0 Å². The first-order valence-electron chi connectivity index (χ1n) is 7.36. The number of allylic oxidation sites excluding steroid dienone is 1. The standard InChI is InChI=1S/C18H15NO4/c20-18(21)11-15-5-1-3-12-7-8-14(10-17(12)15)13-4-2-6-16(9-13)19(22)23/h2,4,6-11H,1,3,5H2,(H,20,21)/b15-11+. The van der Waals surface area contributed by atoms with Gasteiger partial charge in [0.15, 0.2) is 0 Å². The van der Waals surface area contributed by atoms with Crippen molar-refractivity contribution in [2.24, 2.45) is 0 Å². The van der Waals surface area contributed by atoms with Crippen LogP contribution in [0.3, 0.4) is 0 Å². The van der Waals surface area contributed by atoms with E-state index in [-0.39, 0.29) is 5.69 Å². The summed E-state index contributed by atoms with van der Waals surface area (Å²) >= 11 is 0. The fraction of sp³-hybridized carbons (Fsp3) is 0.167. The van der Waals surface area contributed by atoms with Crippen molar-refractivity contribution < 1.29 is 14.8 Å². The van der Waals surface area contributed by atoms with E-state index in [9.17, 15) is 14.9 Å². The minimum atomic E-state index is -0.950. The van der Waals surface area contributed by atoms with Crippen molar-refractivity contribution in [1.82, 2.24) is 0 Å². The topological polar surface area (TPSA) is 80.4 Å². The van der Waals surface area contributed by atoms with Crippen LogP contribution in [0.2, 0.25) is 0 Å². The zero-order chi connectivity index (χ0) is 16.4. The molecule has 5 nitrogen and oxygen atoms in total. The van der Waals surface area contributed by atoms with Crippen molar-refractivity contribution in [3.63, 3.8) is 0 Å². The summed E-state index contributed by atoms with van der Waals surface area (Å²) in [7, 11) is 0. The van der Waals surface area contributed by atoms with Gasteiger partial charge >= 0.3 is 5.97 Å². The molecule has 0 heterocycles. The number of non-ortho nitro benzene ring substituents is 1. The van der Waals surface area contributed by atoms with Crippen molar-refractivity contribution in [3.05, 3.63) is 69.8 Å². The van der Waals surface area contributed by atoms with Crippen molar-refractivity contribution in [1.29, 1.82) is 0 Å². The van der Waals surface area contributed by atoms with Crippen LogP contribution in [0.4, 0.5) is 5.69 Å². The van der Waals surface area contributed by atoms with Gasteiger partial charge in [-0.05, 0) is 53.2 Å². The maximum Gasteiger partial charge on any atom is 0.328 e. The van der Waals surface area contributed by atoms with Gasteiger partial charge in [0.1, 0.15) is 0 Å². The first-order chi connectivity index (χ1) is 11.0. The van der Waals surface area contributed by atoms with Gasteiger partial charge in [-0.1, -0.05) is 24.3 Å².